The first-order valence-electron chi connectivity index (χ1n) is 9.60. The molecule has 4 rings (SSSR count). The van der Waals surface area contributed by atoms with E-state index in [1.807, 2.05) is 25.4 Å². The van der Waals surface area contributed by atoms with Crippen LogP contribution in [-0.4, -0.2) is 70.2 Å². The van der Waals surface area contributed by atoms with Crippen molar-refractivity contribution in [1.82, 2.24) is 24.6 Å². The van der Waals surface area contributed by atoms with Crippen LogP contribution >= 0.6 is 0 Å². The number of hydroxylamine groups is 2. The van der Waals surface area contributed by atoms with E-state index in [1.54, 1.807) is 31.8 Å². The van der Waals surface area contributed by atoms with Crippen molar-refractivity contribution in [3.63, 3.8) is 0 Å². The van der Waals surface area contributed by atoms with Gasteiger partial charge < -0.3 is 14.5 Å². The number of aryl methyl sites for hydroxylation is 2. The number of amides is 3. The Bertz CT molecular complexity index is 1190. The van der Waals surface area contributed by atoms with Crippen molar-refractivity contribution in [3.8, 4) is 5.88 Å². The Morgan fingerprint density at radius 3 is 2.72 bits per heavy atom. The minimum atomic E-state index is -4.98. The van der Waals surface area contributed by atoms with Crippen LogP contribution in [0.1, 0.15) is 29.0 Å². The summed E-state index contributed by atoms with van der Waals surface area (Å²) < 4.78 is 45.7. The number of carbonyl (C=O) groups excluding carboxylic acids is 2. The first-order valence-corrected chi connectivity index (χ1v) is 11.0. The number of fused-ring (bicyclic) bond motifs is 4. The Labute approximate surface area is 184 Å². The fourth-order valence-corrected chi connectivity index (χ4v) is 4.43. The molecule has 2 aromatic rings. The Morgan fingerprint density at radius 2 is 2.09 bits per heavy atom. The zero-order valence-electron chi connectivity index (χ0n) is 17.9. The Kier molecular flexibility index (Phi) is 5.30. The molecule has 2 aliphatic heterocycles. The van der Waals surface area contributed by atoms with Crippen molar-refractivity contribution >= 4 is 22.3 Å². The highest BCUT2D eigenvalue weighted by atomic mass is 32.3. The smallest absolute Gasteiger partial charge is 0.418 e. The summed E-state index contributed by atoms with van der Waals surface area (Å²) in [6.45, 7) is -0.0300. The number of likely N-dealkylation sites (N-methyl/N-ethyl adjacent to an activating group) is 1. The Hall–Kier alpha value is -3.23. The van der Waals surface area contributed by atoms with E-state index in [0.29, 0.717) is 27.9 Å². The molecule has 0 aromatic carbocycles. The van der Waals surface area contributed by atoms with Gasteiger partial charge in [-0.2, -0.15) is 23.1 Å². The van der Waals surface area contributed by atoms with Crippen LogP contribution in [0, 0.1) is 0 Å². The number of carbonyl (C=O) groups is 2. The maximum atomic E-state index is 13.0. The van der Waals surface area contributed by atoms with E-state index in [-0.39, 0.29) is 13.2 Å². The topological polar surface area (TPSA) is 138 Å². The maximum Gasteiger partial charge on any atom is 0.418 e. The second-order valence-electron chi connectivity index (χ2n) is 7.72. The van der Waals surface area contributed by atoms with Crippen molar-refractivity contribution in [2.75, 3.05) is 20.6 Å². The Morgan fingerprint density at radius 1 is 1.38 bits per heavy atom. The lowest BCUT2D eigenvalue weighted by Gasteiger charge is -2.32. The predicted molar refractivity (Wildman–Crippen MR) is 106 cm³/mol. The summed E-state index contributed by atoms with van der Waals surface area (Å²) in [6.07, 6.45) is 1.81. The van der Waals surface area contributed by atoms with Gasteiger partial charge >= 0.3 is 22.3 Å². The molecule has 14 heteroatoms. The number of rotatable bonds is 6. The summed E-state index contributed by atoms with van der Waals surface area (Å²) in [5.41, 5.74) is 1.27. The van der Waals surface area contributed by atoms with E-state index in [9.17, 15) is 22.6 Å². The lowest BCUT2D eigenvalue weighted by Crippen LogP contribution is -2.44. The number of hydrogen-bond donors (Lipinski definition) is 1. The molecule has 13 nitrogen and oxygen atoms in total. The molecule has 0 saturated carbocycles. The minimum Gasteiger partial charge on any atom is -0.438 e. The quantitative estimate of drug-likeness (QED) is 0.442. The van der Waals surface area contributed by atoms with Gasteiger partial charge in [-0.15, -0.1) is 4.28 Å². The number of ether oxygens (including phenoxy) is 1. The third-order valence-electron chi connectivity index (χ3n) is 5.41. The second-order valence-corrected chi connectivity index (χ2v) is 8.73. The predicted octanol–water partition coefficient (Wildman–Crippen LogP) is -0.520. The van der Waals surface area contributed by atoms with Gasteiger partial charge in [-0.1, -0.05) is 0 Å². The average Bonchev–Trinajstić information content (AvgIpc) is 3.17. The van der Waals surface area contributed by atoms with Crippen LogP contribution in [0.2, 0.25) is 0 Å². The van der Waals surface area contributed by atoms with Gasteiger partial charge in [0.2, 0.25) is 0 Å². The fourth-order valence-electron chi connectivity index (χ4n) is 4.06. The molecule has 1 N–H and O–H groups in total. The minimum absolute atomic E-state index is 0.00565. The molecule has 3 amide bonds. The highest BCUT2D eigenvalue weighted by molar-refractivity contribution is 7.80. The molecule has 0 aliphatic carbocycles. The highest BCUT2D eigenvalue weighted by Crippen LogP contribution is 2.46. The molecular weight excluding hydrogens is 444 g/mol. The largest absolute Gasteiger partial charge is 0.438 e. The summed E-state index contributed by atoms with van der Waals surface area (Å²) in [5, 5.41) is 5.04. The summed E-state index contributed by atoms with van der Waals surface area (Å²) in [4.78, 5) is 28.5. The molecule has 0 radical (unpaired) electrons. The van der Waals surface area contributed by atoms with Crippen LogP contribution in [-0.2, 0) is 40.2 Å². The molecule has 1 saturated heterocycles. The van der Waals surface area contributed by atoms with Crippen LogP contribution in [0.4, 0.5) is 4.79 Å². The Balaban J connectivity index is 1.79. The molecule has 0 spiro atoms. The summed E-state index contributed by atoms with van der Waals surface area (Å²) in [5.74, 6) is 0.162. The molecule has 2 atom stereocenters. The van der Waals surface area contributed by atoms with Crippen LogP contribution in [0.15, 0.2) is 24.4 Å². The molecule has 2 aliphatic rings. The molecule has 1 fully saturated rings. The van der Waals surface area contributed by atoms with Crippen LogP contribution in [0.25, 0.3) is 0 Å². The molecule has 2 unspecified atom stereocenters. The first-order chi connectivity index (χ1) is 15.0. The number of hydrogen-bond acceptors (Lipinski definition) is 7. The van der Waals surface area contributed by atoms with E-state index in [1.165, 1.54) is 14.5 Å². The molecule has 32 heavy (non-hydrogen) atoms. The van der Waals surface area contributed by atoms with E-state index >= 15 is 0 Å². The van der Waals surface area contributed by atoms with Gasteiger partial charge in [-0.25, -0.2) is 4.79 Å². The van der Waals surface area contributed by atoms with Gasteiger partial charge in [-0.05, 0) is 6.07 Å². The normalized spacial score (nSPS) is 19.8. The molecule has 4 heterocycles. The van der Waals surface area contributed by atoms with Crippen molar-refractivity contribution < 1.29 is 36.1 Å². The summed E-state index contributed by atoms with van der Waals surface area (Å²) in [7, 11) is 1.56. The van der Waals surface area contributed by atoms with Gasteiger partial charge in [0.05, 0.1) is 18.3 Å². The number of pyridine rings is 1. The molecule has 172 valence electrons. The van der Waals surface area contributed by atoms with Gasteiger partial charge in [0, 0.05) is 32.8 Å². The van der Waals surface area contributed by atoms with E-state index in [0.717, 1.165) is 0 Å². The molecule has 2 bridgehead atoms. The summed E-state index contributed by atoms with van der Waals surface area (Å²) >= 11 is 0. The van der Waals surface area contributed by atoms with Gasteiger partial charge in [0.25, 0.3) is 5.91 Å². The van der Waals surface area contributed by atoms with E-state index in [4.69, 9.17) is 4.74 Å². The number of aromatic nitrogens is 3. The lowest BCUT2D eigenvalue weighted by molar-refractivity contribution is -0.677. The third-order valence-corrected chi connectivity index (χ3v) is 5.76. The van der Waals surface area contributed by atoms with Crippen molar-refractivity contribution in [2.24, 2.45) is 14.1 Å². The third kappa shape index (κ3) is 3.65. The highest BCUT2D eigenvalue weighted by Gasteiger charge is 2.55. The fraction of sp³-hybridized carbons (Fsp3) is 0.444. The van der Waals surface area contributed by atoms with Crippen LogP contribution in [0.3, 0.4) is 0 Å². The maximum absolute atomic E-state index is 13.0. The van der Waals surface area contributed by atoms with Crippen molar-refractivity contribution in [2.45, 2.75) is 18.7 Å². The lowest BCUT2D eigenvalue weighted by atomic mass is 9.94. The van der Waals surface area contributed by atoms with Crippen molar-refractivity contribution in [1.29, 1.82) is 0 Å². The second kappa shape index (κ2) is 7.72. The van der Waals surface area contributed by atoms with Crippen LogP contribution < -0.4 is 9.30 Å². The van der Waals surface area contributed by atoms with E-state index < -0.39 is 34.4 Å². The number of urea groups is 1. The standard InChI is InChI=1S/C18H22N6O7S/c1-20(2)17(25)16-15-14(12-9-23(16)18(26)24(12)31-32(27,28)29)11(19-22(15)4)10-30-13-7-5-6-8-21(13)3/h5-8,12,16H,9-10H2,1-4H3/p+1. The summed E-state index contributed by atoms with van der Waals surface area (Å²) in [6, 6.07) is 2.61. The zero-order valence-corrected chi connectivity index (χ0v) is 18.7. The molecule has 2 aromatic heterocycles. The number of nitrogens with zero attached hydrogens (tertiary/aromatic N) is 6. The monoisotopic (exact) mass is 467 g/mol. The van der Waals surface area contributed by atoms with E-state index in [2.05, 4.69) is 9.38 Å². The first kappa shape index (κ1) is 22.0. The van der Waals surface area contributed by atoms with Crippen molar-refractivity contribution in [3.05, 3.63) is 41.3 Å². The zero-order chi connectivity index (χ0) is 23.4. The van der Waals surface area contributed by atoms with Gasteiger partial charge in [0.1, 0.15) is 25.4 Å². The average molecular weight is 467 g/mol. The van der Waals surface area contributed by atoms with Gasteiger partial charge in [0.15, 0.2) is 12.2 Å². The van der Waals surface area contributed by atoms with Gasteiger partial charge in [-0.3, -0.25) is 14.0 Å². The van der Waals surface area contributed by atoms with Crippen LogP contribution in [0.5, 0.6) is 5.88 Å². The molecular formula is C18H23N6O7S+. The SMILES string of the molecule is CN(C)C(=O)C1c2c(c(COc3cccc[n+]3C)nn2C)C2CN1C(=O)N2OS(=O)(=O)O.